The van der Waals surface area contributed by atoms with Crippen molar-refractivity contribution in [3.8, 4) is 5.75 Å². The van der Waals surface area contributed by atoms with Gasteiger partial charge in [-0.1, -0.05) is 0 Å². The van der Waals surface area contributed by atoms with E-state index in [4.69, 9.17) is 4.74 Å². The van der Waals surface area contributed by atoms with Gasteiger partial charge in [0.15, 0.2) is 5.82 Å². The van der Waals surface area contributed by atoms with Crippen molar-refractivity contribution in [1.29, 1.82) is 0 Å². The summed E-state index contributed by atoms with van der Waals surface area (Å²) in [5.41, 5.74) is 0.763. The van der Waals surface area contributed by atoms with Crippen LogP contribution in [-0.2, 0) is 10.5 Å². The van der Waals surface area contributed by atoms with Crippen LogP contribution < -0.4 is 10.1 Å². The molecule has 1 aliphatic rings. The van der Waals surface area contributed by atoms with E-state index in [2.05, 4.69) is 20.8 Å². The van der Waals surface area contributed by atoms with E-state index in [1.54, 1.807) is 0 Å². The van der Waals surface area contributed by atoms with Gasteiger partial charge in [0.2, 0.25) is 5.91 Å². The summed E-state index contributed by atoms with van der Waals surface area (Å²) in [6.07, 6.45) is 2.27. The van der Waals surface area contributed by atoms with Gasteiger partial charge in [-0.3, -0.25) is 4.79 Å². The van der Waals surface area contributed by atoms with Crippen molar-refractivity contribution in [3.05, 3.63) is 30.1 Å². The molecule has 0 spiro atoms. The molecule has 128 valence electrons. The number of benzene rings is 1. The zero-order chi connectivity index (χ0) is 16.9. The average Bonchev–Trinajstić information content (AvgIpc) is 3.33. The van der Waals surface area contributed by atoms with Crippen LogP contribution in [0.5, 0.6) is 5.75 Å². The van der Waals surface area contributed by atoms with Crippen LogP contribution in [0.2, 0.25) is 0 Å². The highest BCUT2D eigenvalue weighted by atomic mass is 32.2. The quantitative estimate of drug-likeness (QED) is 0.790. The van der Waals surface area contributed by atoms with E-state index in [-0.39, 0.29) is 11.2 Å². The maximum atomic E-state index is 12.3. The molecule has 7 nitrogen and oxygen atoms in total. The van der Waals surface area contributed by atoms with Crippen LogP contribution in [0.1, 0.15) is 38.6 Å². The van der Waals surface area contributed by atoms with Crippen LogP contribution in [0.4, 0.5) is 5.69 Å². The molecule has 1 aliphatic carbocycles. The van der Waals surface area contributed by atoms with E-state index in [1.165, 1.54) is 11.8 Å². The highest BCUT2D eigenvalue weighted by molar-refractivity contribution is 7.99. The summed E-state index contributed by atoms with van der Waals surface area (Å²) in [5.74, 6) is 2.23. The topological polar surface area (TPSA) is 81.9 Å². The second-order valence-electron chi connectivity index (χ2n) is 5.67. The lowest BCUT2D eigenvalue weighted by molar-refractivity contribution is -0.115. The Kier molecular flexibility index (Phi) is 5.34. The van der Waals surface area contributed by atoms with Gasteiger partial charge in [0, 0.05) is 5.69 Å². The number of thioether (sulfide) groups is 1. The maximum absolute atomic E-state index is 12.3. The molecule has 0 radical (unpaired) electrons. The van der Waals surface area contributed by atoms with Gasteiger partial charge in [-0.2, -0.15) is 0 Å². The first kappa shape index (κ1) is 16.8. The van der Waals surface area contributed by atoms with Crippen molar-refractivity contribution in [2.24, 2.45) is 0 Å². The highest BCUT2D eigenvalue weighted by Gasteiger charge is 2.28. The molecule has 3 rings (SSSR count). The van der Waals surface area contributed by atoms with Crippen molar-refractivity contribution >= 4 is 23.4 Å². The summed E-state index contributed by atoms with van der Waals surface area (Å²) in [5, 5.41) is 14.5. The Bertz CT molecular complexity index is 684. The van der Waals surface area contributed by atoms with Crippen molar-refractivity contribution < 1.29 is 9.53 Å². The summed E-state index contributed by atoms with van der Waals surface area (Å²) in [6, 6.07) is 7.83. The van der Waals surface area contributed by atoms with Gasteiger partial charge in [0.25, 0.3) is 0 Å². The highest BCUT2D eigenvalue weighted by Crippen LogP contribution is 2.35. The minimum Gasteiger partial charge on any atom is -0.494 e. The predicted molar refractivity (Wildman–Crippen MR) is 93.1 cm³/mol. The van der Waals surface area contributed by atoms with Gasteiger partial charge in [-0.25, -0.2) is 4.68 Å². The van der Waals surface area contributed by atoms with E-state index in [0.29, 0.717) is 18.4 Å². The van der Waals surface area contributed by atoms with Gasteiger partial charge in [0.1, 0.15) is 5.75 Å². The first-order chi connectivity index (χ1) is 11.7. The molecular weight excluding hydrogens is 326 g/mol. The zero-order valence-corrected chi connectivity index (χ0v) is 14.6. The molecule has 1 aromatic heterocycles. The monoisotopic (exact) mass is 347 g/mol. The molecule has 1 atom stereocenters. The molecule has 1 aromatic carbocycles. The fourth-order valence-electron chi connectivity index (χ4n) is 2.23. The summed E-state index contributed by atoms with van der Waals surface area (Å²) in [6.45, 7) is 4.45. The third-order valence-corrected chi connectivity index (χ3v) is 4.86. The smallest absolute Gasteiger partial charge is 0.237 e. The fraction of sp³-hybridized carbons (Fsp3) is 0.500. The molecule has 0 saturated heterocycles. The lowest BCUT2D eigenvalue weighted by Gasteiger charge is -2.12. The molecule has 0 aliphatic heterocycles. The van der Waals surface area contributed by atoms with Crippen LogP contribution in [0, 0.1) is 0 Å². The van der Waals surface area contributed by atoms with E-state index in [1.807, 2.05) is 42.8 Å². The lowest BCUT2D eigenvalue weighted by Crippen LogP contribution is -2.22. The van der Waals surface area contributed by atoms with Gasteiger partial charge >= 0.3 is 0 Å². The molecule has 1 amide bonds. The van der Waals surface area contributed by atoms with Crippen LogP contribution in [0.3, 0.4) is 0 Å². The number of carbonyl (C=O) groups excluding carboxylic acids is 1. The number of hydrogen-bond acceptors (Lipinski definition) is 6. The first-order valence-electron chi connectivity index (χ1n) is 8.09. The number of aromatic nitrogens is 4. The number of rotatable bonds is 8. The van der Waals surface area contributed by atoms with E-state index >= 15 is 0 Å². The fourth-order valence-corrected chi connectivity index (χ4v) is 3.03. The molecule has 24 heavy (non-hydrogen) atoms. The molecule has 1 heterocycles. The number of nitrogens with one attached hydrogen (secondary N) is 1. The molecule has 2 aromatic rings. The average molecular weight is 347 g/mol. The number of hydrogen-bond donors (Lipinski definition) is 1. The second-order valence-corrected chi connectivity index (χ2v) is 7.00. The van der Waals surface area contributed by atoms with Crippen molar-refractivity contribution in [2.75, 3.05) is 11.9 Å². The summed E-state index contributed by atoms with van der Waals surface area (Å²) < 4.78 is 7.27. The number of tetrazole rings is 1. The zero-order valence-electron chi connectivity index (χ0n) is 13.8. The summed E-state index contributed by atoms with van der Waals surface area (Å²) in [7, 11) is 0. The summed E-state index contributed by atoms with van der Waals surface area (Å²) in [4.78, 5) is 12.3. The second kappa shape index (κ2) is 7.65. The van der Waals surface area contributed by atoms with Crippen LogP contribution in [-0.4, -0.2) is 38.0 Å². The Labute approximate surface area is 145 Å². The van der Waals surface area contributed by atoms with Crippen molar-refractivity contribution in [3.63, 3.8) is 0 Å². The van der Waals surface area contributed by atoms with E-state index < -0.39 is 0 Å². The van der Waals surface area contributed by atoms with Gasteiger partial charge < -0.3 is 10.1 Å². The Morgan fingerprint density at radius 3 is 2.83 bits per heavy atom. The largest absolute Gasteiger partial charge is 0.494 e. The number of amides is 1. The summed E-state index contributed by atoms with van der Waals surface area (Å²) >= 11 is 1.53. The van der Waals surface area contributed by atoms with Crippen molar-refractivity contribution in [1.82, 2.24) is 20.2 Å². The number of ether oxygens (including phenoxy) is 1. The first-order valence-corrected chi connectivity index (χ1v) is 9.14. The number of anilines is 1. The van der Waals surface area contributed by atoms with Gasteiger partial charge in [-0.05, 0) is 61.4 Å². The number of nitrogens with zero attached hydrogens (tertiary/aromatic N) is 4. The minimum atomic E-state index is -0.194. The Hall–Kier alpha value is -2.09. The molecule has 1 fully saturated rings. The van der Waals surface area contributed by atoms with E-state index in [0.717, 1.165) is 30.1 Å². The Morgan fingerprint density at radius 2 is 2.17 bits per heavy atom. The predicted octanol–water partition coefficient (Wildman–Crippen LogP) is 2.67. The third-order valence-electron chi connectivity index (χ3n) is 3.72. The van der Waals surface area contributed by atoms with Crippen LogP contribution in [0.25, 0.3) is 0 Å². The standard InChI is InChI=1S/C16H21N5O2S/c1-3-23-14-8-4-12(5-9-14)17-16(22)11(2)24-10-15-18-19-20-21(15)13-6-7-13/h4-5,8-9,11,13H,3,6-7,10H2,1-2H3,(H,17,22). The SMILES string of the molecule is CCOc1ccc(NC(=O)C(C)SCc2nnnn2C2CC2)cc1. The van der Waals surface area contributed by atoms with Crippen LogP contribution in [0.15, 0.2) is 24.3 Å². The molecular formula is C16H21N5O2S. The minimum absolute atomic E-state index is 0.0328. The van der Waals surface area contributed by atoms with Gasteiger partial charge in [0.05, 0.1) is 23.7 Å². The Morgan fingerprint density at radius 1 is 1.42 bits per heavy atom. The third kappa shape index (κ3) is 4.25. The Balaban J connectivity index is 1.50. The molecule has 1 saturated carbocycles. The molecule has 1 N–H and O–H groups in total. The van der Waals surface area contributed by atoms with Gasteiger partial charge in [-0.15, -0.1) is 16.9 Å². The lowest BCUT2D eigenvalue weighted by atomic mass is 10.3. The number of carbonyl (C=O) groups is 1. The normalized spacial score (nSPS) is 15.1. The molecule has 1 unspecified atom stereocenters. The van der Waals surface area contributed by atoms with Crippen LogP contribution >= 0.6 is 11.8 Å². The molecule has 0 bridgehead atoms. The van der Waals surface area contributed by atoms with E-state index in [9.17, 15) is 4.79 Å². The maximum Gasteiger partial charge on any atom is 0.237 e. The van der Waals surface area contributed by atoms with Crippen molar-refractivity contribution in [2.45, 2.75) is 43.7 Å². The molecule has 8 heteroatoms.